The predicted molar refractivity (Wildman–Crippen MR) is 133 cm³/mol. The first-order valence-corrected chi connectivity index (χ1v) is 12.7. The summed E-state index contributed by atoms with van der Waals surface area (Å²) in [7, 11) is 0. The molecule has 7 heteroatoms. The Hall–Kier alpha value is -2.48. The fourth-order valence-electron chi connectivity index (χ4n) is 5.69. The minimum Gasteiger partial charge on any atom is -0.393 e. The first-order valence-electron chi connectivity index (χ1n) is 12.7. The number of aliphatic hydroxyl groups is 1. The highest BCUT2D eigenvalue weighted by atomic mass is 16.5. The van der Waals surface area contributed by atoms with Gasteiger partial charge in [-0.25, -0.2) is 4.98 Å². The Morgan fingerprint density at radius 2 is 1.76 bits per heavy atom. The standard InChI is InChI=1S/C27H36N4O3/c28-26-25(27(33)30-22-5-7-24(32)8-6-22)15-21(16-29-26)19-3-1-18(2-4-19)20-9-12-31(17-20)23-10-13-34-14-11-23/h1-4,15-16,20,22-24,32H,5-14,17H2,(H2,28,29)(H,30,33). The first-order chi connectivity index (χ1) is 16.6. The molecule has 2 saturated heterocycles. The molecule has 1 amide bonds. The van der Waals surface area contributed by atoms with Gasteiger partial charge in [0.25, 0.3) is 5.91 Å². The summed E-state index contributed by atoms with van der Waals surface area (Å²) in [6, 6.07) is 11.3. The number of pyridine rings is 1. The Balaban J connectivity index is 1.24. The number of nitrogens with two attached hydrogens (primary N) is 1. The van der Waals surface area contributed by atoms with Crippen molar-refractivity contribution in [2.75, 3.05) is 32.0 Å². The molecular formula is C27H36N4O3. The van der Waals surface area contributed by atoms with Gasteiger partial charge in [-0.3, -0.25) is 9.69 Å². The number of amides is 1. The van der Waals surface area contributed by atoms with Gasteiger partial charge in [-0.1, -0.05) is 24.3 Å². The molecule has 1 unspecified atom stereocenters. The highest BCUT2D eigenvalue weighted by molar-refractivity contribution is 5.99. The number of anilines is 1. The van der Waals surface area contributed by atoms with Gasteiger partial charge in [0.05, 0.1) is 11.7 Å². The molecule has 1 atom stereocenters. The SMILES string of the molecule is Nc1ncc(-c2ccc(C3CCN(C4CCOCC4)C3)cc2)cc1C(=O)NC1CCC(O)CC1. The van der Waals surface area contributed by atoms with E-state index < -0.39 is 0 Å². The number of carbonyl (C=O) groups is 1. The van der Waals surface area contributed by atoms with Crippen LogP contribution in [0.15, 0.2) is 36.5 Å². The van der Waals surface area contributed by atoms with Gasteiger partial charge in [0.1, 0.15) is 5.82 Å². The lowest BCUT2D eigenvalue weighted by Gasteiger charge is -2.31. The molecule has 2 aromatic rings. The van der Waals surface area contributed by atoms with Crippen LogP contribution in [0.2, 0.25) is 0 Å². The first kappa shape index (κ1) is 23.3. The van der Waals surface area contributed by atoms with Gasteiger partial charge in [0, 0.05) is 43.6 Å². The topological polar surface area (TPSA) is 101 Å². The maximum atomic E-state index is 12.9. The average Bonchev–Trinajstić information content (AvgIpc) is 3.37. The van der Waals surface area contributed by atoms with Crippen LogP contribution in [0.1, 0.15) is 66.8 Å². The van der Waals surface area contributed by atoms with Crippen molar-refractivity contribution in [3.05, 3.63) is 47.7 Å². The normalized spacial score (nSPS) is 26.4. The molecule has 3 aliphatic rings. The molecule has 2 aliphatic heterocycles. The summed E-state index contributed by atoms with van der Waals surface area (Å²) >= 11 is 0. The summed E-state index contributed by atoms with van der Waals surface area (Å²) in [6.07, 6.45) is 7.99. The molecule has 1 saturated carbocycles. The van der Waals surface area contributed by atoms with E-state index in [0.717, 1.165) is 76.0 Å². The van der Waals surface area contributed by atoms with Crippen molar-refractivity contribution in [3.8, 4) is 11.1 Å². The largest absolute Gasteiger partial charge is 0.393 e. The lowest BCUT2D eigenvalue weighted by molar-refractivity contribution is 0.0419. The van der Waals surface area contributed by atoms with Crippen LogP contribution >= 0.6 is 0 Å². The molecule has 4 N–H and O–H groups in total. The van der Waals surface area contributed by atoms with Crippen LogP contribution in [0.5, 0.6) is 0 Å². The molecule has 34 heavy (non-hydrogen) atoms. The molecule has 1 aromatic carbocycles. The van der Waals surface area contributed by atoms with Crippen LogP contribution in [0.4, 0.5) is 5.82 Å². The van der Waals surface area contributed by atoms with E-state index in [1.165, 1.54) is 12.0 Å². The highest BCUT2D eigenvalue weighted by Gasteiger charge is 2.30. The smallest absolute Gasteiger partial charge is 0.255 e. The van der Waals surface area contributed by atoms with Gasteiger partial charge >= 0.3 is 0 Å². The number of nitrogens with zero attached hydrogens (tertiary/aromatic N) is 2. The van der Waals surface area contributed by atoms with Gasteiger partial charge in [0.2, 0.25) is 0 Å². The monoisotopic (exact) mass is 464 g/mol. The number of hydrogen-bond acceptors (Lipinski definition) is 6. The number of nitrogen functional groups attached to an aromatic ring is 1. The van der Waals surface area contributed by atoms with Gasteiger partial charge in [-0.15, -0.1) is 0 Å². The van der Waals surface area contributed by atoms with Crippen LogP contribution in [-0.4, -0.2) is 65.4 Å². The fraction of sp³-hybridized carbons (Fsp3) is 0.556. The Bertz CT molecular complexity index is 982. The van der Waals surface area contributed by atoms with Crippen LogP contribution in [0.25, 0.3) is 11.1 Å². The van der Waals surface area contributed by atoms with E-state index in [1.54, 1.807) is 6.20 Å². The van der Waals surface area contributed by atoms with E-state index in [4.69, 9.17) is 10.5 Å². The summed E-state index contributed by atoms with van der Waals surface area (Å²) in [5.41, 5.74) is 9.76. The van der Waals surface area contributed by atoms with Crippen LogP contribution in [0.3, 0.4) is 0 Å². The second kappa shape index (κ2) is 10.4. The molecule has 5 rings (SSSR count). The van der Waals surface area contributed by atoms with Gasteiger partial charge in [-0.05, 0) is 74.6 Å². The van der Waals surface area contributed by atoms with Gasteiger partial charge in [-0.2, -0.15) is 0 Å². The summed E-state index contributed by atoms with van der Waals surface area (Å²) in [5.74, 6) is 0.619. The summed E-state index contributed by atoms with van der Waals surface area (Å²) in [4.78, 5) is 19.8. The quantitative estimate of drug-likeness (QED) is 0.628. The molecule has 3 fully saturated rings. The molecule has 182 valence electrons. The van der Waals surface area contributed by atoms with E-state index in [9.17, 15) is 9.90 Å². The summed E-state index contributed by atoms with van der Waals surface area (Å²) in [6.45, 7) is 4.06. The number of nitrogens with one attached hydrogen (secondary N) is 1. The lowest BCUT2D eigenvalue weighted by Crippen LogP contribution is -2.38. The van der Waals surface area contributed by atoms with Crippen molar-refractivity contribution in [2.45, 2.75) is 69.1 Å². The van der Waals surface area contributed by atoms with E-state index >= 15 is 0 Å². The Kier molecular flexibility index (Phi) is 7.13. The van der Waals surface area contributed by atoms with Crippen molar-refractivity contribution >= 4 is 11.7 Å². The zero-order valence-corrected chi connectivity index (χ0v) is 19.8. The van der Waals surface area contributed by atoms with E-state index in [1.807, 2.05) is 6.07 Å². The third-order valence-electron chi connectivity index (χ3n) is 7.84. The number of hydrogen-bond donors (Lipinski definition) is 3. The van der Waals surface area contributed by atoms with E-state index in [-0.39, 0.29) is 23.9 Å². The van der Waals surface area contributed by atoms with Crippen LogP contribution in [0, 0.1) is 0 Å². The van der Waals surface area contributed by atoms with E-state index in [2.05, 4.69) is 39.5 Å². The Labute approximate surface area is 201 Å². The molecular weight excluding hydrogens is 428 g/mol. The Morgan fingerprint density at radius 1 is 1.03 bits per heavy atom. The predicted octanol–water partition coefficient (Wildman–Crippen LogP) is 3.33. The van der Waals surface area contributed by atoms with Crippen molar-refractivity contribution in [2.24, 2.45) is 0 Å². The summed E-state index contributed by atoms with van der Waals surface area (Å²) < 4.78 is 5.52. The number of likely N-dealkylation sites (tertiary alicyclic amines) is 1. The number of carbonyl (C=O) groups excluding carboxylic acids is 1. The third-order valence-corrected chi connectivity index (χ3v) is 7.84. The zero-order chi connectivity index (χ0) is 23.5. The number of aliphatic hydroxyl groups excluding tert-OH is 1. The van der Waals surface area contributed by atoms with Crippen molar-refractivity contribution in [3.63, 3.8) is 0 Å². The number of rotatable bonds is 5. The Morgan fingerprint density at radius 3 is 2.50 bits per heavy atom. The molecule has 7 nitrogen and oxygen atoms in total. The van der Waals surface area contributed by atoms with Crippen molar-refractivity contribution < 1.29 is 14.6 Å². The molecule has 0 spiro atoms. The van der Waals surface area contributed by atoms with Gasteiger partial charge < -0.3 is 20.9 Å². The van der Waals surface area contributed by atoms with Crippen LogP contribution in [-0.2, 0) is 4.74 Å². The van der Waals surface area contributed by atoms with E-state index in [0.29, 0.717) is 17.5 Å². The minimum absolute atomic E-state index is 0.0744. The molecule has 0 bridgehead atoms. The molecule has 1 aromatic heterocycles. The second-order valence-corrected chi connectivity index (χ2v) is 10.1. The average molecular weight is 465 g/mol. The molecule has 3 heterocycles. The maximum Gasteiger partial charge on any atom is 0.255 e. The second-order valence-electron chi connectivity index (χ2n) is 10.1. The van der Waals surface area contributed by atoms with Crippen molar-refractivity contribution in [1.82, 2.24) is 15.2 Å². The lowest BCUT2D eigenvalue weighted by atomic mass is 9.93. The summed E-state index contributed by atoms with van der Waals surface area (Å²) in [5, 5.41) is 12.8. The molecule has 1 aliphatic carbocycles. The van der Waals surface area contributed by atoms with Crippen molar-refractivity contribution in [1.29, 1.82) is 0 Å². The zero-order valence-electron chi connectivity index (χ0n) is 19.8. The number of ether oxygens (including phenoxy) is 1. The highest BCUT2D eigenvalue weighted by Crippen LogP contribution is 2.32. The molecule has 0 radical (unpaired) electrons. The third kappa shape index (κ3) is 5.27. The number of aromatic nitrogens is 1. The fourth-order valence-corrected chi connectivity index (χ4v) is 5.69. The maximum absolute atomic E-state index is 12.9. The van der Waals surface area contributed by atoms with Crippen LogP contribution < -0.4 is 11.1 Å². The van der Waals surface area contributed by atoms with Gasteiger partial charge in [0.15, 0.2) is 0 Å². The minimum atomic E-state index is -0.250. The number of benzene rings is 1.